The van der Waals surface area contributed by atoms with Crippen LogP contribution >= 0.6 is 0 Å². The number of benzene rings is 1. The summed E-state index contributed by atoms with van der Waals surface area (Å²) in [4.78, 5) is 49.6. The summed E-state index contributed by atoms with van der Waals surface area (Å²) < 4.78 is 21.8. The van der Waals surface area contributed by atoms with Crippen LogP contribution in [-0.2, 0) is 23.9 Å². The van der Waals surface area contributed by atoms with Gasteiger partial charge < -0.3 is 29.8 Å². The molecule has 1 rings (SSSR count). The molecule has 0 saturated carbocycles. The maximum atomic E-state index is 12.7. The third-order valence-electron chi connectivity index (χ3n) is 7.11. The number of hydrogen-bond acceptors (Lipinski definition) is 9. The standard InChI is InChI=1S/C31H49NO9/c1-10-18(3)14-25(33)40-23-13-12-22(16-24(23)41-26(34)15-19(4)11-2)27(28(32)29(35)36)20(5)21(6)39-30(37)38-17-31(7,8)9/h12-13,16,18-21,27-28H,10-11,14-15,17,32H2,1-9H3,(H,35,36)/t18?,19?,20?,21?,27?,28-/m0/s1. The Morgan fingerprint density at radius 2 is 1.39 bits per heavy atom. The van der Waals surface area contributed by atoms with Crippen LogP contribution in [0.1, 0.15) is 99.5 Å². The van der Waals surface area contributed by atoms with Crippen molar-refractivity contribution in [3.8, 4) is 11.5 Å². The summed E-state index contributed by atoms with van der Waals surface area (Å²) in [6, 6.07) is 3.12. The van der Waals surface area contributed by atoms with Crippen LogP contribution in [-0.4, -0.2) is 47.9 Å². The van der Waals surface area contributed by atoms with E-state index in [0.29, 0.717) is 5.56 Å². The molecule has 0 fully saturated rings. The Labute approximate surface area is 244 Å². The van der Waals surface area contributed by atoms with Crippen LogP contribution in [0.2, 0.25) is 0 Å². The number of carbonyl (C=O) groups is 4. The third kappa shape index (κ3) is 12.5. The van der Waals surface area contributed by atoms with Crippen molar-refractivity contribution < 1.29 is 43.2 Å². The molecule has 0 heterocycles. The molecule has 10 heteroatoms. The Bertz CT molecular complexity index is 1030. The second kappa shape index (κ2) is 16.3. The van der Waals surface area contributed by atoms with Crippen molar-refractivity contribution in [2.75, 3.05) is 6.61 Å². The summed E-state index contributed by atoms with van der Waals surface area (Å²) in [5, 5.41) is 9.81. The number of esters is 2. The molecule has 0 amide bonds. The van der Waals surface area contributed by atoms with E-state index in [2.05, 4.69) is 0 Å². The van der Waals surface area contributed by atoms with Crippen molar-refractivity contribution in [1.29, 1.82) is 0 Å². The molecule has 0 saturated heterocycles. The van der Waals surface area contributed by atoms with Crippen LogP contribution < -0.4 is 15.2 Å². The number of carbonyl (C=O) groups excluding carboxylic acids is 3. The van der Waals surface area contributed by atoms with Crippen LogP contribution in [0.3, 0.4) is 0 Å². The van der Waals surface area contributed by atoms with Gasteiger partial charge in [-0.2, -0.15) is 0 Å². The SMILES string of the molecule is CCC(C)CC(=O)Oc1ccc(C(C(C)C(C)OC(=O)OCC(C)(C)C)[C@H](N)C(=O)O)cc1OC(=O)CC(C)CC. The van der Waals surface area contributed by atoms with E-state index in [-0.39, 0.29) is 48.2 Å². The second-order valence-corrected chi connectivity index (χ2v) is 12.3. The summed E-state index contributed by atoms with van der Waals surface area (Å²) in [6.45, 7) is 17.0. The number of carboxylic acids is 1. The molecule has 1 aromatic rings. The van der Waals surface area contributed by atoms with Gasteiger partial charge in [0.2, 0.25) is 0 Å². The molecule has 41 heavy (non-hydrogen) atoms. The van der Waals surface area contributed by atoms with E-state index < -0.39 is 48.0 Å². The Kier molecular flexibility index (Phi) is 14.3. The summed E-state index contributed by atoms with van der Waals surface area (Å²) in [6.07, 6.45) is 0.253. The van der Waals surface area contributed by atoms with Crippen LogP contribution in [0.5, 0.6) is 11.5 Å². The topological polar surface area (TPSA) is 151 Å². The normalized spacial score (nSPS) is 16.0. The van der Waals surface area contributed by atoms with Crippen molar-refractivity contribution in [3.63, 3.8) is 0 Å². The summed E-state index contributed by atoms with van der Waals surface area (Å²) in [7, 11) is 0. The fourth-order valence-corrected chi connectivity index (χ4v) is 3.93. The number of ether oxygens (including phenoxy) is 4. The summed E-state index contributed by atoms with van der Waals surface area (Å²) in [5.74, 6) is -3.49. The molecular formula is C31H49NO9. The number of nitrogens with two attached hydrogens (primary N) is 1. The average Bonchev–Trinajstić information content (AvgIpc) is 2.87. The van der Waals surface area contributed by atoms with E-state index in [0.717, 1.165) is 12.8 Å². The molecule has 0 aliphatic heterocycles. The highest BCUT2D eigenvalue weighted by molar-refractivity contribution is 5.77. The molecule has 1 aromatic carbocycles. The lowest BCUT2D eigenvalue weighted by atomic mass is 9.79. The predicted octanol–water partition coefficient (Wildman–Crippen LogP) is 6.09. The highest BCUT2D eigenvalue weighted by Gasteiger charge is 2.36. The fourth-order valence-electron chi connectivity index (χ4n) is 3.93. The van der Waals surface area contributed by atoms with Gasteiger partial charge in [-0.25, -0.2) is 4.79 Å². The lowest BCUT2D eigenvalue weighted by Crippen LogP contribution is -2.42. The van der Waals surface area contributed by atoms with E-state index >= 15 is 0 Å². The van der Waals surface area contributed by atoms with Crippen molar-refractivity contribution in [1.82, 2.24) is 0 Å². The largest absolute Gasteiger partial charge is 0.508 e. The van der Waals surface area contributed by atoms with E-state index in [4.69, 9.17) is 24.7 Å². The van der Waals surface area contributed by atoms with Crippen molar-refractivity contribution in [2.45, 2.75) is 106 Å². The Hall–Kier alpha value is -3.14. The molecule has 5 unspecified atom stereocenters. The zero-order valence-electron chi connectivity index (χ0n) is 26.0. The minimum atomic E-state index is -1.39. The van der Waals surface area contributed by atoms with Gasteiger partial charge in [0.05, 0.1) is 6.61 Å². The van der Waals surface area contributed by atoms with Gasteiger partial charge >= 0.3 is 24.1 Å². The second-order valence-electron chi connectivity index (χ2n) is 12.3. The lowest BCUT2D eigenvalue weighted by molar-refractivity contribution is -0.140. The highest BCUT2D eigenvalue weighted by atomic mass is 16.7. The van der Waals surface area contributed by atoms with E-state index in [1.54, 1.807) is 19.9 Å². The van der Waals surface area contributed by atoms with E-state index in [1.807, 2.05) is 48.5 Å². The maximum Gasteiger partial charge on any atom is 0.508 e. The van der Waals surface area contributed by atoms with Gasteiger partial charge in [0.1, 0.15) is 12.1 Å². The lowest BCUT2D eigenvalue weighted by Gasteiger charge is -2.31. The summed E-state index contributed by atoms with van der Waals surface area (Å²) >= 11 is 0. The van der Waals surface area contributed by atoms with Crippen LogP contribution in [0, 0.1) is 23.2 Å². The first-order valence-electron chi connectivity index (χ1n) is 14.4. The van der Waals surface area contributed by atoms with Crippen molar-refractivity contribution in [2.24, 2.45) is 28.9 Å². The quantitative estimate of drug-likeness (QED) is 0.184. The molecule has 3 N–H and O–H groups in total. The highest BCUT2D eigenvalue weighted by Crippen LogP contribution is 2.37. The molecule has 0 aliphatic rings. The van der Waals surface area contributed by atoms with Crippen molar-refractivity contribution in [3.05, 3.63) is 23.8 Å². The molecule has 0 bridgehead atoms. The predicted molar refractivity (Wildman–Crippen MR) is 155 cm³/mol. The minimum Gasteiger partial charge on any atom is -0.480 e. The molecule has 232 valence electrons. The van der Waals surface area contributed by atoms with Crippen LogP contribution in [0.15, 0.2) is 18.2 Å². The number of hydrogen-bond donors (Lipinski definition) is 2. The number of aliphatic carboxylic acids is 1. The zero-order valence-corrected chi connectivity index (χ0v) is 26.0. The minimum absolute atomic E-state index is 0.0127. The van der Waals surface area contributed by atoms with Gasteiger partial charge in [0, 0.05) is 24.7 Å². The van der Waals surface area contributed by atoms with E-state index in [9.17, 15) is 24.3 Å². The summed E-state index contributed by atoms with van der Waals surface area (Å²) in [5.41, 5.74) is 6.29. The molecule has 6 atom stereocenters. The zero-order chi connectivity index (χ0) is 31.5. The number of carboxylic acid groups (broad SMARTS) is 1. The van der Waals surface area contributed by atoms with Gasteiger partial charge in [-0.1, -0.05) is 74.3 Å². The smallest absolute Gasteiger partial charge is 0.480 e. The first-order valence-corrected chi connectivity index (χ1v) is 14.4. The number of rotatable bonds is 15. The van der Waals surface area contributed by atoms with Gasteiger partial charge in [0.15, 0.2) is 11.5 Å². The molecular weight excluding hydrogens is 530 g/mol. The first kappa shape index (κ1) is 35.9. The third-order valence-corrected chi connectivity index (χ3v) is 7.11. The fraction of sp³-hybridized carbons (Fsp3) is 0.677. The van der Waals surface area contributed by atoms with Gasteiger partial charge in [-0.3, -0.25) is 14.4 Å². The van der Waals surface area contributed by atoms with Gasteiger partial charge in [0.25, 0.3) is 0 Å². The average molecular weight is 580 g/mol. The van der Waals surface area contributed by atoms with Gasteiger partial charge in [-0.15, -0.1) is 0 Å². The molecule has 0 aromatic heterocycles. The molecule has 10 nitrogen and oxygen atoms in total. The Morgan fingerprint density at radius 1 is 0.878 bits per heavy atom. The molecule has 0 radical (unpaired) electrons. The van der Waals surface area contributed by atoms with Crippen LogP contribution in [0.4, 0.5) is 4.79 Å². The Balaban J connectivity index is 3.40. The Morgan fingerprint density at radius 3 is 1.85 bits per heavy atom. The maximum absolute atomic E-state index is 12.7. The van der Waals surface area contributed by atoms with Crippen molar-refractivity contribution >= 4 is 24.1 Å². The monoisotopic (exact) mass is 579 g/mol. The first-order chi connectivity index (χ1) is 19.0. The van der Waals surface area contributed by atoms with E-state index in [1.165, 1.54) is 12.1 Å². The van der Waals surface area contributed by atoms with Gasteiger partial charge in [-0.05, 0) is 41.9 Å². The molecule has 0 aliphatic carbocycles. The van der Waals surface area contributed by atoms with Crippen LogP contribution in [0.25, 0.3) is 0 Å². The molecule has 0 spiro atoms.